The van der Waals surface area contributed by atoms with Crippen LogP contribution in [0.4, 0.5) is 0 Å². The third kappa shape index (κ3) is 3.48. The molecule has 0 heterocycles. The Bertz CT molecular complexity index is 243. The van der Waals surface area contributed by atoms with Gasteiger partial charge in [-0.15, -0.1) is 0 Å². The fraction of sp³-hybridized carbons (Fsp3) is 0.923. The Morgan fingerprint density at radius 3 is 2.38 bits per heavy atom. The molecule has 1 amide bonds. The lowest BCUT2D eigenvalue weighted by Gasteiger charge is -2.36. The van der Waals surface area contributed by atoms with Crippen molar-refractivity contribution in [1.82, 2.24) is 5.32 Å². The van der Waals surface area contributed by atoms with E-state index in [1.165, 1.54) is 33.1 Å². The minimum absolute atomic E-state index is 0.243. The van der Waals surface area contributed by atoms with E-state index in [1.54, 1.807) is 0 Å². The Morgan fingerprint density at radius 1 is 1.31 bits per heavy atom. The molecule has 1 rings (SSSR count). The van der Waals surface area contributed by atoms with Gasteiger partial charge in [-0.1, -0.05) is 26.7 Å². The molecule has 2 N–H and O–H groups in total. The Hall–Kier alpha value is -0.570. The molecule has 0 aromatic carbocycles. The molecule has 1 aliphatic carbocycles. The Kier molecular flexibility index (Phi) is 4.36. The van der Waals surface area contributed by atoms with E-state index in [4.69, 9.17) is 0 Å². The summed E-state index contributed by atoms with van der Waals surface area (Å²) in [7, 11) is 0. The van der Waals surface area contributed by atoms with Gasteiger partial charge in [0.25, 0.3) is 5.91 Å². The molecule has 0 spiro atoms. The molecule has 0 aromatic heterocycles. The summed E-state index contributed by atoms with van der Waals surface area (Å²) < 4.78 is 0. The highest BCUT2D eigenvalue weighted by atomic mass is 16.3. The van der Waals surface area contributed by atoms with Gasteiger partial charge in [0, 0.05) is 6.04 Å². The van der Waals surface area contributed by atoms with Crippen LogP contribution in [0.5, 0.6) is 0 Å². The molecule has 2 atom stereocenters. The molecule has 16 heavy (non-hydrogen) atoms. The van der Waals surface area contributed by atoms with Gasteiger partial charge >= 0.3 is 0 Å². The van der Waals surface area contributed by atoms with Gasteiger partial charge in [0.1, 0.15) is 5.60 Å². The van der Waals surface area contributed by atoms with Crippen molar-refractivity contribution < 1.29 is 9.90 Å². The summed E-state index contributed by atoms with van der Waals surface area (Å²) in [5, 5.41) is 12.6. The highest BCUT2D eigenvalue weighted by molar-refractivity contribution is 5.84. The van der Waals surface area contributed by atoms with Crippen LogP contribution in [-0.4, -0.2) is 22.7 Å². The fourth-order valence-electron chi connectivity index (χ4n) is 2.48. The van der Waals surface area contributed by atoms with Crippen LogP contribution < -0.4 is 5.32 Å². The maximum Gasteiger partial charge on any atom is 0.251 e. The minimum Gasteiger partial charge on any atom is -0.381 e. The summed E-state index contributed by atoms with van der Waals surface area (Å²) >= 11 is 0. The van der Waals surface area contributed by atoms with Crippen molar-refractivity contribution >= 4 is 5.91 Å². The fourth-order valence-corrected chi connectivity index (χ4v) is 2.48. The van der Waals surface area contributed by atoms with Crippen LogP contribution in [0, 0.1) is 11.8 Å². The summed E-state index contributed by atoms with van der Waals surface area (Å²) in [5.74, 6) is 0.900. The van der Waals surface area contributed by atoms with Crippen molar-refractivity contribution in [3.63, 3.8) is 0 Å². The first-order chi connectivity index (χ1) is 7.32. The Labute approximate surface area is 98.6 Å². The third-order valence-electron chi connectivity index (χ3n) is 3.55. The van der Waals surface area contributed by atoms with Crippen molar-refractivity contribution in [1.29, 1.82) is 0 Å². The van der Waals surface area contributed by atoms with Crippen molar-refractivity contribution in [2.45, 2.75) is 65.0 Å². The van der Waals surface area contributed by atoms with E-state index in [-0.39, 0.29) is 11.9 Å². The quantitative estimate of drug-likeness (QED) is 0.775. The first kappa shape index (κ1) is 13.5. The predicted octanol–water partition coefficient (Wildman–Crippen LogP) is 2.09. The van der Waals surface area contributed by atoms with Gasteiger partial charge in [-0.05, 0) is 38.5 Å². The average Bonchev–Trinajstić information content (AvgIpc) is 2.16. The Balaban J connectivity index is 2.60. The molecule has 0 aliphatic heterocycles. The SMILES string of the molecule is CC(C)C1CCCCC1NC(=O)C(C)(C)O. The number of hydrogen-bond donors (Lipinski definition) is 2. The van der Waals surface area contributed by atoms with Crippen molar-refractivity contribution in [3.05, 3.63) is 0 Å². The number of aliphatic hydroxyl groups is 1. The molecule has 1 saturated carbocycles. The number of carbonyl (C=O) groups is 1. The molecular formula is C13H25NO2. The van der Waals surface area contributed by atoms with Crippen molar-refractivity contribution in [2.24, 2.45) is 11.8 Å². The molecule has 2 unspecified atom stereocenters. The summed E-state index contributed by atoms with van der Waals surface area (Å²) in [6.45, 7) is 7.49. The van der Waals surface area contributed by atoms with E-state index >= 15 is 0 Å². The van der Waals surface area contributed by atoms with E-state index in [1.807, 2.05) is 0 Å². The smallest absolute Gasteiger partial charge is 0.251 e. The van der Waals surface area contributed by atoms with Gasteiger partial charge in [0.15, 0.2) is 0 Å². The zero-order valence-corrected chi connectivity index (χ0v) is 10.9. The molecule has 3 nitrogen and oxygen atoms in total. The topological polar surface area (TPSA) is 49.3 Å². The lowest BCUT2D eigenvalue weighted by atomic mass is 9.77. The Morgan fingerprint density at radius 2 is 1.88 bits per heavy atom. The standard InChI is InChI=1S/C13H25NO2/c1-9(2)10-7-5-6-8-11(10)14-12(15)13(3,4)16/h9-11,16H,5-8H2,1-4H3,(H,14,15). The lowest BCUT2D eigenvalue weighted by molar-refractivity contribution is -0.138. The molecule has 1 fully saturated rings. The molecule has 1 aliphatic rings. The maximum absolute atomic E-state index is 11.7. The zero-order chi connectivity index (χ0) is 12.3. The van der Waals surface area contributed by atoms with E-state index in [2.05, 4.69) is 19.2 Å². The molecular weight excluding hydrogens is 202 g/mol. The van der Waals surface area contributed by atoms with Crippen LogP contribution in [0.3, 0.4) is 0 Å². The largest absolute Gasteiger partial charge is 0.381 e. The first-order valence-corrected chi connectivity index (χ1v) is 6.35. The minimum atomic E-state index is -1.26. The molecule has 94 valence electrons. The van der Waals surface area contributed by atoms with E-state index in [0.29, 0.717) is 11.8 Å². The average molecular weight is 227 g/mol. The van der Waals surface area contributed by atoms with E-state index in [0.717, 1.165) is 6.42 Å². The molecule has 0 aromatic rings. The number of nitrogens with one attached hydrogen (secondary N) is 1. The van der Waals surface area contributed by atoms with Crippen LogP contribution in [-0.2, 0) is 4.79 Å². The second-order valence-corrected chi connectivity index (χ2v) is 5.83. The number of hydrogen-bond acceptors (Lipinski definition) is 2. The van der Waals surface area contributed by atoms with E-state index < -0.39 is 5.60 Å². The summed E-state index contributed by atoms with van der Waals surface area (Å²) in [4.78, 5) is 11.7. The van der Waals surface area contributed by atoms with Crippen LogP contribution in [0.25, 0.3) is 0 Å². The predicted molar refractivity (Wildman–Crippen MR) is 65.0 cm³/mol. The zero-order valence-electron chi connectivity index (χ0n) is 10.9. The number of carbonyl (C=O) groups excluding carboxylic acids is 1. The third-order valence-corrected chi connectivity index (χ3v) is 3.55. The molecule has 0 bridgehead atoms. The van der Waals surface area contributed by atoms with Crippen LogP contribution in [0.15, 0.2) is 0 Å². The van der Waals surface area contributed by atoms with Gasteiger partial charge in [0.2, 0.25) is 0 Å². The van der Waals surface area contributed by atoms with Gasteiger partial charge in [0.05, 0.1) is 0 Å². The summed E-state index contributed by atoms with van der Waals surface area (Å²) in [5.41, 5.74) is -1.26. The normalized spacial score (nSPS) is 26.9. The highest BCUT2D eigenvalue weighted by Gasteiger charge is 2.32. The maximum atomic E-state index is 11.7. The first-order valence-electron chi connectivity index (χ1n) is 6.35. The lowest BCUT2D eigenvalue weighted by Crippen LogP contribution is -2.51. The van der Waals surface area contributed by atoms with Gasteiger partial charge in [-0.25, -0.2) is 0 Å². The van der Waals surface area contributed by atoms with Crippen molar-refractivity contribution in [3.8, 4) is 0 Å². The van der Waals surface area contributed by atoms with E-state index in [9.17, 15) is 9.90 Å². The summed E-state index contributed by atoms with van der Waals surface area (Å²) in [6.07, 6.45) is 4.68. The summed E-state index contributed by atoms with van der Waals surface area (Å²) in [6, 6.07) is 0.243. The molecule has 0 radical (unpaired) electrons. The monoisotopic (exact) mass is 227 g/mol. The second kappa shape index (κ2) is 5.17. The van der Waals surface area contributed by atoms with Crippen molar-refractivity contribution in [2.75, 3.05) is 0 Å². The second-order valence-electron chi connectivity index (χ2n) is 5.83. The van der Waals surface area contributed by atoms with Gasteiger partial charge in [-0.3, -0.25) is 4.79 Å². The van der Waals surface area contributed by atoms with Crippen LogP contribution >= 0.6 is 0 Å². The van der Waals surface area contributed by atoms with Gasteiger partial charge < -0.3 is 10.4 Å². The van der Waals surface area contributed by atoms with Crippen LogP contribution in [0.1, 0.15) is 53.4 Å². The molecule has 3 heteroatoms. The highest BCUT2D eigenvalue weighted by Crippen LogP contribution is 2.30. The number of rotatable bonds is 3. The van der Waals surface area contributed by atoms with Gasteiger partial charge in [-0.2, -0.15) is 0 Å². The number of amides is 1. The van der Waals surface area contributed by atoms with Crippen LogP contribution in [0.2, 0.25) is 0 Å². The molecule has 0 saturated heterocycles.